The molecule has 2 rings (SSSR count). The predicted molar refractivity (Wildman–Crippen MR) is 88.0 cm³/mol. The number of rotatable bonds is 4. The summed E-state index contributed by atoms with van der Waals surface area (Å²) in [5.74, 6) is 2.73. The van der Waals surface area contributed by atoms with Crippen LogP contribution >= 0.6 is 0 Å². The van der Waals surface area contributed by atoms with E-state index in [4.69, 9.17) is 0 Å². The van der Waals surface area contributed by atoms with Gasteiger partial charge in [-0.15, -0.1) is 0 Å². The van der Waals surface area contributed by atoms with E-state index >= 15 is 0 Å². The average molecular weight is 281 g/mol. The molecule has 2 fully saturated rings. The highest BCUT2D eigenvalue weighted by Crippen LogP contribution is 2.32. The van der Waals surface area contributed by atoms with Crippen molar-refractivity contribution in [2.24, 2.45) is 17.8 Å². The molecule has 0 aromatic heterocycles. The minimum atomic E-state index is 0.284. The van der Waals surface area contributed by atoms with Gasteiger partial charge in [0.05, 0.1) is 0 Å². The van der Waals surface area contributed by atoms with Gasteiger partial charge in [0.15, 0.2) is 0 Å². The van der Waals surface area contributed by atoms with Crippen molar-refractivity contribution in [3.8, 4) is 0 Å². The molecule has 2 aliphatic rings. The van der Waals surface area contributed by atoms with Gasteiger partial charge >= 0.3 is 0 Å². The van der Waals surface area contributed by atoms with Crippen LogP contribution in [-0.4, -0.2) is 36.1 Å². The van der Waals surface area contributed by atoms with E-state index in [0.717, 1.165) is 30.3 Å². The van der Waals surface area contributed by atoms with Crippen LogP contribution in [0.15, 0.2) is 0 Å². The zero-order valence-corrected chi connectivity index (χ0v) is 14.4. The van der Waals surface area contributed by atoms with Crippen LogP contribution in [0, 0.1) is 17.8 Å². The van der Waals surface area contributed by atoms with E-state index in [2.05, 4.69) is 44.8 Å². The van der Waals surface area contributed by atoms with Crippen LogP contribution in [-0.2, 0) is 0 Å². The van der Waals surface area contributed by atoms with E-state index in [1.807, 2.05) is 0 Å². The molecule has 0 amide bonds. The topological polar surface area (TPSA) is 15.3 Å². The molecular formula is C18H36N2. The summed E-state index contributed by atoms with van der Waals surface area (Å²) in [7, 11) is 0. The molecule has 0 aromatic rings. The third kappa shape index (κ3) is 4.21. The lowest BCUT2D eigenvalue weighted by molar-refractivity contribution is 0.0464. The predicted octanol–water partition coefficient (Wildman–Crippen LogP) is 3.91. The first-order valence-corrected chi connectivity index (χ1v) is 8.90. The van der Waals surface area contributed by atoms with Gasteiger partial charge in [0.1, 0.15) is 0 Å². The van der Waals surface area contributed by atoms with Crippen molar-refractivity contribution >= 4 is 0 Å². The summed E-state index contributed by atoms with van der Waals surface area (Å²) in [6, 6.07) is 0.729. The van der Waals surface area contributed by atoms with E-state index in [0.29, 0.717) is 0 Å². The first-order valence-electron chi connectivity index (χ1n) is 8.90. The van der Waals surface area contributed by atoms with E-state index in [-0.39, 0.29) is 5.54 Å². The van der Waals surface area contributed by atoms with Gasteiger partial charge < -0.3 is 5.32 Å². The molecular weight excluding hydrogens is 244 g/mol. The molecule has 2 heteroatoms. The molecule has 1 aliphatic heterocycles. The first-order chi connectivity index (χ1) is 9.41. The van der Waals surface area contributed by atoms with Crippen molar-refractivity contribution in [3.05, 3.63) is 0 Å². The van der Waals surface area contributed by atoms with Gasteiger partial charge in [-0.25, -0.2) is 0 Å². The van der Waals surface area contributed by atoms with Crippen LogP contribution in [0.1, 0.15) is 66.7 Å². The van der Waals surface area contributed by atoms with Crippen molar-refractivity contribution in [1.29, 1.82) is 0 Å². The second-order valence-electron chi connectivity index (χ2n) is 8.30. The SMILES string of the molecule is CCC1CCC(CN2CC(C)(C)NCC2C(C)C)CC1. The molecule has 1 saturated carbocycles. The lowest BCUT2D eigenvalue weighted by Gasteiger charge is -2.48. The molecule has 1 aliphatic carbocycles. The molecule has 1 N–H and O–H groups in total. The van der Waals surface area contributed by atoms with Gasteiger partial charge in [0.2, 0.25) is 0 Å². The quantitative estimate of drug-likeness (QED) is 0.840. The van der Waals surface area contributed by atoms with Crippen LogP contribution in [0.2, 0.25) is 0 Å². The van der Waals surface area contributed by atoms with E-state index in [1.165, 1.54) is 45.2 Å². The Morgan fingerprint density at radius 2 is 1.70 bits per heavy atom. The third-order valence-electron chi connectivity index (χ3n) is 5.66. The average Bonchev–Trinajstić information content (AvgIpc) is 2.38. The second kappa shape index (κ2) is 6.79. The smallest absolute Gasteiger partial charge is 0.0252 e. The van der Waals surface area contributed by atoms with Crippen LogP contribution < -0.4 is 5.32 Å². The molecule has 2 nitrogen and oxygen atoms in total. The Balaban J connectivity index is 1.91. The molecule has 1 unspecified atom stereocenters. The molecule has 0 aromatic carbocycles. The maximum absolute atomic E-state index is 3.73. The largest absolute Gasteiger partial charge is 0.309 e. The maximum atomic E-state index is 3.73. The fourth-order valence-corrected chi connectivity index (χ4v) is 4.20. The van der Waals surface area contributed by atoms with Crippen molar-refractivity contribution in [2.75, 3.05) is 19.6 Å². The Labute approximate surface area is 126 Å². The molecule has 1 heterocycles. The molecule has 1 atom stereocenters. The van der Waals surface area contributed by atoms with E-state index < -0.39 is 0 Å². The molecule has 0 spiro atoms. The Hall–Kier alpha value is -0.0800. The van der Waals surface area contributed by atoms with Gasteiger partial charge in [-0.2, -0.15) is 0 Å². The summed E-state index contributed by atoms with van der Waals surface area (Å²) in [6.45, 7) is 15.5. The minimum absolute atomic E-state index is 0.284. The summed E-state index contributed by atoms with van der Waals surface area (Å²) >= 11 is 0. The second-order valence-corrected chi connectivity index (χ2v) is 8.30. The van der Waals surface area contributed by atoms with Gasteiger partial charge in [0.25, 0.3) is 0 Å². The van der Waals surface area contributed by atoms with Gasteiger partial charge in [-0.3, -0.25) is 4.90 Å². The van der Waals surface area contributed by atoms with Crippen LogP contribution in [0.5, 0.6) is 0 Å². The molecule has 118 valence electrons. The summed E-state index contributed by atoms with van der Waals surface area (Å²) in [5.41, 5.74) is 0.284. The fourth-order valence-electron chi connectivity index (χ4n) is 4.20. The van der Waals surface area contributed by atoms with Crippen molar-refractivity contribution in [2.45, 2.75) is 78.3 Å². The Bertz CT molecular complexity index is 290. The summed E-state index contributed by atoms with van der Waals surface area (Å²) in [5, 5.41) is 3.73. The lowest BCUT2D eigenvalue weighted by atomic mass is 9.80. The van der Waals surface area contributed by atoms with Crippen LogP contribution in [0.25, 0.3) is 0 Å². The number of hydrogen-bond donors (Lipinski definition) is 1. The fraction of sp³-hybridized carbons (Fsp3) is 1.00. The number of piperazine rings is 1. The first kappa shape index (κ1) is 16.3. The normalized spacial score (nSPS) is 35.4. The van der Waals surface area contributed by atoms with Gasteiger partial charge in [-0.05, 0) is 44.4 Å². The molecule has 0 radical (unpaired) electrons. The van der Waals surface area contributed by atoms with Gasteiger partial charge in [-0.1, -0.05) is 40.0 Å². The van der Waals surface area contributed by atoms with Crippen molar-refractivity contribution in [1.82, 2.24) is 10.2 Å². The number of nitrogens with one attached hydrogen (secondary N) is 1. The zero-order chi connectivity index (χ0) is 14.8. The minimum Gasteiger partial charge on any atom is -0.309 e. The van der Waals surface area contributed by atoms with Crippen LogP contribution in [0.3, 0.4) is 0 Å². The van der Waals surface area contributed by atoms with Gasteiger partial charge in [0, 0.05) is 31.2 Å². The van der Waals surface area contributed by atoms with Crippen molar-refractivity contribution in [3.63, 3.8) is 0 Å². The van der Waals surface area contributed by atoms with Crippen LogP contribution in [0.4, 0.5) is 0 Å². The highest BCUT2D eigenvalue weighted by atomic mass is 15.3. The number of hydrogen-bond acceptors (Lipinski definition) is 2. The highest BCUT2D eigenvalue weighted by Gasteiger charge is 2.35. The lowest BCUT2D eigenvalue weighted by Crippen LogP contribution is -2.63. The summed E-state index contributed by atoms with van der Waals surface area (Å²) in [4.78, 5) is 2.80. The maximum Gasteiger partial charge on any atom is 0.0252 e. The highest BCUT2D eigenvalue weighted by molar-refractivity contribution is 4.94. The monoisotopic (exact) mass is 280 g/mol. The molecule has 1 saturated heterocycles. The summed E-state index contributed by atoms with van der Waals surface area (Å²) < 4.78 is 0. The number of nitrogens with zero attached hydrogens (tertiary/aromatic N) is 1. The Kier molecular flexibility index (Phi) is 5.53. The van der Waals surface area contributed by atoms with E-state index in [1.54, 1.807) is 0 Å². The molecule has 20 heavy (non-hydrogen) atoms. The molecule has 0 bridgehead atoms. The van der Waals surface area contributed by atoms with Crippen molar-refractivity contribution < 1.29 is 0 Å². The summed E-state index contributed by atoms with van der Waals surface area (Å²) in [6.07, 6.45) is 7.27. The third-order valence-corrected chi connectivity index (χ3v) is 5.66. The Morgan fingerprint density at radius 1 is 1.10 bits per heavy atom. The van der Waals surface area contributed by atoms with E-state index in [9.17, 15) is 0 Å². The zero-order valence-electron chi connectivity index (χ0n) is 14.4. The Morgan fingerprint density at radius 3 is 2.25 bits per heavy atom. The standard InChI is InChI=1S/C18H36N2/c1-6-15-7-9-16(10-8-15)12-20-13-18(4,5)19-11-17(20)14(2)3/h14-17,19H,6-13H2,1-5H3.